The summed E-state index contributed by atoms with van der Waals surface area (Å²) >= 11 is 7.03. The number of carbonyl (C=O) groups excluding carboxylic acids is 2. The van der Waals surface area contributed by atoms with Gasteiger partial charge < -0.3 is 10.6 Å². The maximum absolute atomic E-state index is 13.5. The molecule has 0 aromatic heterocycles. The first-order chi connectivity index (χ1) is 14.4. The molecule has 2 atom stereocenters. The number of halogens is 2. The number of rotatable bonds is 5. The lowest BCUT2D eigenvalue weighted by atomic mass is 10.1. The molecule has 0 spiro atoms. The van der Waals surface area contributed by atoms with Crippen LogP contribution >= 0.6 is 23.7 Å². The van der Waals surface area contributed by atoms with Crippen LogP contribution in [0.4, 0.5) is 10.1 Å². The van der Waals surface area contributed by atoms with E-state index < -0.39 is 17.9 Å². The van der Waals surface area contributed by atoms with Crippen LogP contribution in [-0.2, 0) is 16.1 Å². The number of hydrogen-bond acceptors (Lipinski definition) is 6. The van der Waals surface area contributed by atoms with Gasteiger partial charge in [0.15, 0.2) is 0 Å². The number of nitrogens with zero attached hydrogens (tertiary/aromatic N) is 2. The Morgan fingerprint density at radius 3 is 2.73 bits per heavy atom. The molecule has 3 N–H and O–H groups in total. The minimum Gasteiger partial charge on any atom is -0.351 e. The first kappa shape index (κ1) is 22.1. The lowest BCUT2D eigenvalue weighted by Crippen LogP contribution is -2.53. The van der Waals surface area contributed by atoms with E-state index in [0.29, 0.717) is 17.3 Å². The average Bonchev–Trinajstić information content (AvgIpc) is 2.74. The van der Waals surface area contributed by atoms with Crippen molar-refractivity contribution in [1.29, 1.82) is 5.26 Å². The van der Waals surface area contributed by atoms with Crippen molar-refractivity contribution >= 4 is 41.2 Å². The molecule has 1 saturated heterocycles. The summed E-state index contributed by atoms with van der Waals surface area (Å²) < 4.78 is 18.2. The Balaban J connectivity index is 1.60. The van der Waals surface area contributed by atoms with Crippen molar-refractivity contribution in [2.24, 2.45) is 0 Å². The molecule has 1 heterocycles. The van der Waals surface area contributed by atoms with E-state index in [1.165, 1.54) is 24.3 Å². The second-order valence-electron chi connectivity index (χ2n) is 6.70. The number of nitrogens with one attached hydrogen (secondary N) is 3. The second kappa shape index (κ2) is 9.91. The van der Waals surface area contributed by atoms with Crippen molar-refractivity contribution in [2.75, 3.05) is 12.4 Å². The third-order valence-corrected chi connectivity index (χ3v) is 5.77. The smallest absolute Gasteiger partial charge is 0.242 e. The van der Waals surface area contributed by atoms with Gasteiger partial charge in [-0.1, -0.05) is 23.7 Å². The van der Waals surface area contributed by atoms with Gasteiger partial charge in [-0.05, 0) is 49.4 Å². The maximum Gasteiger partial charge on any atom is 0.242 e. The third kappa shape index (κ3) is 5.49. The molecule has 2 aromatic rings. The number of nitriles is 1. The van der Waals surface area contributed by atoms with Gasteiger partial charge in [-0.15, -0.1) is 0 Å². The lowest BCUT2D eigenvalue weighted by Gasteiger charge is -2.34. The molecule has 30 heavy (non-hydrogen) atoms. The minimum atomic E-state index is -0.650. The number of carbonyl (C=O) groups is 2. The highest BCUT2D eigenvalue weighted by Gasteiger charge is 2.35. The SMILES string of the molecule is CN1SNC(C(=O)NCc2ccc(Cl)cc2)CC1C(=O)Nc1ccc(F)c(C#N)c1. The van der Waals surface area contributed by atoms with Crippen LogP contribution in [0, 0.1) is 17.1 Å². The summed E-state index contributed by atoms with van der Waals surface area (Å²) in [5.74, 6) is -1.23. The fraction of sp³-hybridized carbons (Fsp3) is 0.250. The summed E-state index contributed by atoms with van der Waals surface area (Å²) in [4.78, 5) is 25.3. The molecule has 10 heteroatoms. The van der Waals surface area contributed by atoms with E-state index in [1.54, 1.807) is 29.6 Å². The van der Waals surface area contributed by atoms with Crippen molar-refractivity contribution in [2.45, 2.75) is 25.0 Å². The van der Waals surface area contributed by atoms with E-state index >= 15 is 0 Å². The first-order valence-electron chi connectivity index (χ1n) is 9.05. The molecular formula is C20H19ClFN5O2S. The van der Waals surface area contributed by atoms with E-state index in [2.05, 4.69) is 15.4 Å². The molecule has 1 aliphatic heterocycles. The molecular weight excluding hydrogens is 429 g/mol. The maximum atomic E-state index is 13.5. The van der Waals surface area contributed by atoms with Crippen molar-refractivity contribution in [3.05, 3.63) is 64.4 Å². The molecule has 3 rings (SSSR count). The lowest BCUT2D eigenvalue weighted by molar-refractivity contribution is -0.124. The Morgan fingerprint density at radius 2 is 2.03 bits per heavy atom. The Hall–Kier alpha value is -2.64. The zero-order valence-electron chi connectivity index (χ0n) is 16.0. The predicted octanol–water partition coefficient (Wildman–Crippen LogP) is 2.83. The van der Waals surface area contributed by atoms with Gasteiger partial charge in [0.1, 0.15) is 17.9 Å². The molecule has 2 amide bonds. The summed E-state index contributed by atoms with van der Waals surface area (Å²) in [5.41, 5.74) is 1.08. The van der Waals surface area contributed by atoms with E-state index in [4.69, 9.17) is 16.9 Å². The number of amides is 2. The zero-order valence-corrected chi connectivity index (χ0v) is 17.6. The van der Waals surface area contributed by atoms with E-state index in [-0.39, 0.29) is 23.8 Å². The van der Waals surface area contributed by atoms with Crippen LogP contribution in [0.3, 0.4) is 0 Å². The average molecular weight is 448 g/mol. The Morgan fingerprint density at radius 1 is 1.30 bits per heavy atom. The van der Waals surface area contributed by atoms with Gasteiger partial charge >= 0.3 is 0 Å². The Kier molecular flexibility index (Phi) is 7.29. The van der Waals surface area contributed by atoms with Crippen LogP contribution < -0.4 is 15.4 Å². The molecule has 1 aliphatic rings. The zero-order chi connectivity index (χ0) is 21.7. The van der Waals surface area contributed by atoms with Gasteiger partial charge in [-0.2, -0.15) is 5.26 Å². The van der Waals surface area contributed by atoms with Gasteiger partial charge in [0.2, 0.25) is 11.8 Å². The first-order valence-corrected chi connectivity index (χ1v) is 10.2. The van der Waals surface area contributed by atoms with Crippen LogP contribution in [0.1, 0.15) is 17.5 Å². The summed E-state index contributed by atoms with van der Waals surface area (Å²) in [6.45, 7) is 0.345. The number of hydrogen-bond donors (Lipinski definition) is 3. The summed E-state index contributed by atoms with van der Waals surface area (Å²) in [6.07, 6.45) is 0.244. The van der Waals surface area contributed by atoms with Gasteiger partial charge in [0.25, 0.3) is 0 Å². The monoisotopic (exact) mass is 447 g/mol. The second-order valence-corrected chi connectivity index (χ2v) is 8.13. The predicted molar refractivity (Wildman–Crippen MR) is 114 cm³/mol. The number of benzene rings is 2. The highest BCUT2D eigenvalue weighted by atomic mass is 35.5. The molecule has 156 valence electrons. The largest absolute Gasteiger partial charge is 0.351 e. The molecule has 0 bridgehead atoms. The van der Waals surface area contributed by atoms with Gasteiger partial charge in [-0.25, -0.2) is 13.4 Å². The normalized spacial score (nSPS) is 19.0. The van der Waals surface area contributed by atoms with Crippen molar-refractivity contribution in [3.63, 3.8) is 0 Å². The van der Waals surface area contributed by atoms with Crippen LogP contribution in [0.5, 0.6) is 0 Å². The molecule has 0 radical (unpaired) electrons. The molecule has 2 unspecified atom stereocenters. The molecule has 0 saturated carbocycles. The van der Waals surface area contributed by atoms with Crippen LogP contribution in [0.2, 0.25) is 5.02 Å². The van der Waals surface area contributed by atoms with E-state index in [1.807, 2.05) is 12.1 Å². The number of likely N-dealkylation sites (N-methyl/N-ethyl adjacent to an activating group) is 1. The Bertz CT molecular complexity index is 982. The van der Waals surface area contributed by atoms with Crippen molar-refractivity contribution < 1.29 is 14.0 Å². The van der Waals surface area contributed by atoms with Crippen LogP contribution in [0.15, 0.2) is 42.5 Å². The molecule has 2 aromatic carbocycles. The summed E-state index contributed by atoms with van der Waals surface area (Å²) in [6, 6.07) is 11.5. The fourth-order valence-electron chi connectivity index (χ4n) is 2.89. The van der Waals surface area contributed by atoms with E-state index in [0.717, 1.165) is 11.6 Å². The van der Waals surface area contributed by atoms with E-state index in [9.17, 15) is 14.0 Å². The van der Waals surface area contributed by atoms with Crippen LogP contribution in [0.25, 0.3) is 0 Å². The molecule has 1 fully saturated rings. The fourth-order valence-corrected chi connectivity index (χ4v) is 3.82. The minimum absolute atomic E-state index is 0.153. The number of anilines is 1. The van der Waals surface area contributed by atoms with Crippen molar-refractivity contribution in [3.8, 4) is 6.07 Å². The standard InChI is InChI=1S/C20H19ClFN5O2S/c1-27-18(20(29)25-15-6-7-16(22)13(8-15)10-23)9-17(26-30-27)19(28)24-11-12-2-4-14(21)5-3-12/h2-8,17-18,26H,9,11H2,1H3,(H,24,28)(H,25,29). The topological polar surface area (TPSA) is 97.3 Å². The van der Waals surface area contributed by atoms with Crippen molar-refractivity contribution in [1.82, 2.24) is 14.3 Å². The van der Waals surface area contributed by atoms with Gasteiger partial charge in [0, 0.05) is 29.4 Å². The Labute approximate surface area is 182 Å². The molecule has 0 aliphatic carbocycles. The third-order valence-electron chi connectivity index (χ3n) is 4.59. The summed E-state index contributed by atoms with van der Waals surface area (Å²) in [5, 5.41) is 15.1. The highest BCUT2D eigenvalue weighted by molar-refractivity contribution is 7.95. The molecule has 7 nitrogen and oxygen atoms in total. The summed E-state index contributed by atoms with van der Waals surface area (Å²) in [7, 11) is 1.73. The van der Waals surface area contributed by atoms with Crippen LogP contribution in [-0.4, -0.2) is 35.3 Å². The van der Waals surface area contributed by atoms with Gasteiger partial charge in [0.05, 0.1) is 11.6 Å². The van der Waals surface area contributed by atoms with Gasteiger partial charge in [-0.3, -0.25) is 9.59 Å². The highest BCUT2D eigenvalue weighted by Crippen LogP contribution is 2.23. The quantitative estimate of drug-likeness (QED) is 0.610.